The molecule has 5 nitrogen and oxygen atoms in total. The lowest BCUT2D eigenvalue weighted by molar-refractivity contribution is -0.125. The number of primary amides is 1. The number of amides is 3. The summed E-state index contributed by atoms with van der Waals surface area (Å²) in [6.45, 7) is 0. The van der Waals surface area contributed by atoms with Crippen LogP contribution < -0.4 is 16.4 Å². The SMILES string of the molecule is NC(=O)C1CC2(CC(NC(=O)NC3(C4CC4)CCC3)CCS2)C1. The summed E-state index contributed by atoms with van der Waals surface area (Å²) in [5.41, 5.74) is 5.51. The Kier molecular flexibility index (Phi) is 3.78. The van der Waals surface area contributed by atoms with E-state index in [1.165, 1.54) is 19.3 Å². The standard InChI is InChI=1S/C17H27N3O2S/c18-14(21)11-8-16(9-11)10-13(4-7-23-16)19-15(22)20-17(5-1-6-17)12-2-3-12/h11-13H,1-10H2,(H2,18,21)(H2,19,20,22). The molecule has 0 bridgehead atoms. The van der Waals surface area contributed by atoms with Gasteiger partial charge in [-0.3, -0.25) is 4.79 Å². The molecular weight excluding hydrogens is 310 g/mol. The maximum absolute atomic E-state index is 12.4. The molecule has 1 spiro atoms. The molecule has 6 heteroatoms. The van der Waals surface area contributed by atoms with E-state index < -0.39 is 0 Å². The Morgan fingerprint density at radius 1 is 1.09 bits per heavy atom. The molecule has 1 aliphatic heterocycles. The highest BCUT2D eigenvalue weighted by atomic mass is 32.2. The number of hydrogen-bond acceptors (Lipinski definition) is 3. The number of nitrogens with one attached hydrogen (secondary N) is 2. The Morgan fingerprint density at radius 3 is 2.39 bits per heavy atom. The zero-order valence-electron chi connectivity index (χ0n) is 13.6. The van der Waals surface area contributed by atoms with Crippen molar-refractivity contribution in [2.75, 3.05) is 5.75 Å². The summed E-state index contributed by atoms with van der Waals surface area (Å²) < 4.78 is 0.181. The third-order valence-electron chi connectivity index (χ3n) is 6.43. The molecule has 4 fully saturated rings. The molecule has 128 valence electrons. The first kappa shape index (κ1) is 15.6. The van der Waals surface area contributed by atoms with Crippen molar-refractivity contribution in [2.45, 2.75) is 74.1 Å². The molecule has 1 saturated heterocycles. The second kappa shape index (κ2) is 5.57. The first-order valence-corrected chi connectivity index (χ1v) is 10.0. The van der Waals surface area contributed by atoms with Gasteiger partial charge in [-0.15, -0.1) is 0 Å². The van der Waals surface area contributed by atoms with E-state index >= 15 is 0 Å². The van der Waals surface area contributed by atoms with Crippen LogP contribution in [0, 0.1) is 11.8 Å². The molecule has 3 saturated carbocycles. The smallest absolute Gasteiger partial charge is 0.315 e. The van der Waals surface area contributed by atoms with E-state index in [1.807, 2.05) is 11.8 Å². The van der Waals surface area contributed by atoms with Crippen LogP contribution in [0.3, 0.4) is 0 Å². The lowest BCUT2D eigenvalue weighted by Gasteiger charge is -2.50. The van der Waals surface area contributed by atoms with E-state index in [0.717, 1.165) is 50.2 Å². The van der Waals surface area contributed by atoms with Crippen molar-refractivity contribution in [3.63, 3.8) is 0 Å². The number of urea groups is 1. The van der Waals surface area contributed by atoms with Gasteiger partial charge < -0.3 is 16.4 Å². The largest absolute Gasteiger partial charge is 0.369 e. The summed E-state index contributed by atoms with van der Waals surface area (Å²) in [6, 6.07) is 0.260. The zero-order chi connectivity index (χ0) is 16.1. The summed E-state index contributed by atoms with van der Waals surface area (Å²) >= 11 is 1.97. The van der Waals surface area contributed by atoms with Gasteiger partial charge in [0.15, 0.2) is 0 Å². The summed E-state index contributed by atoms with van der Waals surface area (Å²) in [5, 5.41) is 6.51. The van der Waals surface area contributed by atoms with Gasteiger partial charge in [0.2, 0.25) is 5.91 Å². The molecule has 4 N–H and O–H groups in total. The average molecular weight is 337 g/mol. The molecule has 1 heterocycles. The number of rotatable bonds is 4. The first-order chi connectivity index (χ1) is 11.0. The van der Waals surface area contributed by atoms with Gasteiger partial charge in [-0.2, -0.15) is 11.8 Å². The van der Waals surface area contributed by atoms with Crippen LogP contribution in [0.1, 0.15) is 57.8 Å². The van der Waals surface area contributed by atoms with Crippen LogP contribution in [0.2, 0.25) is 0 Å². The van der Waals surface area contributed by atoms with Gasteiger partial charge in [0.1, 0.15) is 0 Å². The van der Waals surface area contributed by atoms with E-state index in [0.29, 0.717) is 0 Å². The molecule has 0 aromatic rings. The Balaban J connectivity index is 1.29. The van der Waals surface area contributed by atoms with Gasteiger partial charge in [-0.1, -0.05) is 0 Å². The molecule has 0 aromatic carbocycles. The molecule has 0 aromatic heterocycles. The van der Waals surface area contributed by atoms with Crippen molar-refractivity contribution < 1.29 is 9.59 Å². The summed E-state index contributed by atoms with van der Waals surface area (Å²) in [5.74, 6) is 1.66. The van der Waals surface area contributed by atoms with E-state index in [4.69, 9.17) is 5.73 Å². The van der Waals surface area contributed by atoms with Gasteiger partial charge >= 0.3 is 6.03 Å². The maximum Gasteiger partial charge on any atom is 0.315 e. The maximum atomic E-state index is 12.4. The molecular formula is C17H27N3O2S. The molecule has 4 rings (SSSR count). The molecule has 4 aliphatic rings. The van der Waals surface area contributed by atoms with Gasteiger partial charge in [-0.05, 0) is 69.5 Å². The van der Waals surface area contributed by atoms with E-state index in [9.17, 15) is 9.59 Å². The van der Waals surface area contributed by atoms with E-state index in [1.54, 1.807) is 0 Å². The summed E-state index contributed by atoms with van der Waals surface area (Å²) in [6.07, 6.45) is 9.87. The second-order valence-electron chi connectivity index (χ2n) is 8.11. The lowest BCUT2D eigenvalue weighted by Crippen LogP contribution is -2.60. The van der Waals surface area contributed by atoms with E-state index in [-0.39, 0.29) is 34.2 Å². The molecule has 3 aliphatic carbocycles. The number of thioether (sulfide) groups is 1. The monoisotopic (exact) mass is 337 g/mol. The highest BCUT2D eigenvalue weighted by Crippen LogP contribution is 2.53. The van der Waals surface area contributed by atoms with E-state index in [2.05, 4.69) is 10.6 Å². The molecule has 23 heavy (non-hydrogen) atoms. The Labute approximate surface area is 141 Å². The highest BCUT2D eigenvalue weighted by Gasteiger charge is 2.51. The first-order valence-electron chi connectivity index (χ1n) is 9.02. The fraction of sp³-hybridized carbons (Fsp3) is 0.882. The summed E-state index contributed by atoms with van der Waals surface area (Å²) in [7, 11) is 0. The van der Waals surface area contributed by atoms with Crippen LogP contribution >= 0.6 is 11.8 Å². The quantitative estimate of drug-likeness (QED) is 0.735. The fourth-order valence-corrected chi connectivity index (χ4v) is 6.54. The predicted octanol–water partition coefficient (Wildman–Crippen LogP) is 2.15. The third kappa shape index (κ3) is 2.94. The van der Waals surface area contributed by atoms with Crippen molar-refractivity contribution in [2.24, 2.45) is 17.6 Å². The molecule has 3 amide bonds. The minimum absolute atomic E-state index is 0.0226. The van der Waals surface area contributed by atoms with Gasteiger partial charge in [0, 0.05) is 22.2 Å². The minimum Gasteiger partial charge on any atom is -0.369 e. The highest BCUT2D eigenvalue weighted by molar-refractivity contribution is 8.00. The Morgan fingerprint density at radius 2 is 1.83 bits per heavy atom. The molecule has 1 unspecified atom stereocenters. The van der Waals surface area contributed by atoms with Gasteiger partial charge in [-0.25, -0.2) is 4.79 Å². The number of carbonyl (C=O) groups is 2. The molecule has 1 atom stereocenters. The minimum atomic E-state index is -0.166. The second-order valence-corrected chi connectivity index (χ2v) is 9.67. The van der Waals surface area contributed by atoms with Gasteiger partial charge in [0.25, 0.3) is 0 Å². The van der Waals surface area contributed by atoms with Crippen LogP contribution in [0.15, 0.2) is 0 Å². The number of carbonyl (C=O) groups excluding carboxylic acids is 2. The van der Waals surface area contributed by atoms with Crippen molar-refractivity contribution in [3.8, 4) is 0 Å². The Bertz CT molecular complexity index is 510. The van der Waals surface area contributed by atoms with Crippen LogP contribution in [-0.2, 0) is 4.79 Å². The summed E-state index contributed by atoms with van der Waals surface area (Å²) in [4.78, 5) is 23.7. The Hall–Kier alpha value is -0.910. The normalized spacial score (nSPS) is 38.3. The third-order valence-corrected chi connectivity index (χ3v) is 7.99. The number of nitrogens with two attached hydrogens (primary N) is 1. The lowest BCUT2D eigenvalue weighted by atomic mass is 9.70. The average Bonchev–Trinajstić information content (AvgIpc) is 3.25. The molecule has 0 radical (unpaired) electrons. The zero-order valence-corrected chi connectivity index (χ0v) is 14.4. The van der Waals surface area contributed by atoms with Crippen molar-refractivity contribution in [1.82, 2.24) is 10.6 Å². The van der Waals surface area contributed by atoms with Crippen molar-refractivity contribution >= 4 is 23.7 Å². The van der Waals surface area contributed by atoms with Gasteiger partial charge in [0.05, 0.1) is 0 Å². The predicted molar refractivity (Wildman–Crippen MR) is 91.1 cm³/mol. The van der Waals surface area contributed by atoms with Crippen molar-refractivity contribution in [3.05, 3.63) is 0 Å². The topological polar surface area (TPSA) is 84.2 Å². The fourth-order valence-electron chi connectivity index (χ4n) is 4.75. The van der Waals surface area contributed by atoms with Crippen LogP contribution in [0.4, 0.5) is 4.79 Å². The van der Waals surface area contributed by atoms with Crippen LogP contribution in [0.25, 0.3) is 0 Å². The van der Waals surface area contributed by atoms with Crippen LogP contribution in [-0.4, -0.2) is 34.0 Å². The van der Waals surface area contributed by atoms with Crippen LogP contribution in [0.5, 0.6) is 0 Å². The van der Waals surface area contributed by atoms with Crippen molar-refractivity contribution in [1.29, 1.82) is 0 Å². The number of hydrogen-bond donors (Lipinski definition) is 3.